The zero-order chi connectivity index (χ0) is 20.4. The number of hydrogen-bond acceptors (Lipinski definition) is 5. The Morgan fingerprint density at radius 1 is 0.857 bits per heavy atom. The standard InChI is InChI=1S/C21H26N2O5/c1-26-17-13-16(14-18(27-2)20(17)28-3)21(25)23-12-10-19(24)22-11-9-15-7-5-4-6-8-15/h4-8,13-14H,9-12H2,1-3H3,(H,22,24)(H,23,25). The zero-order valence-corrected chi connectivity index (χ0v) is 16.4. The van der Waals surface area contributed by atoms with E-state index in [2.05, 4.69) is 10.6 Å². The minimum Gasteiger partial charge on any atom is -0.493 e. The molecule has 2 N–H and O–H groups in total. The Morgan fingerprint density at radius 2 is 1.50 bits per heavy atom. The Hall–Kier alpha value is -3.22. The maximum atomic E-state index is 12.4. The van der Waals surface area contributed by atoms with Crippen molar-refractivity contribution in [3.05, 3.63) is 53.6 Å². The van der Waals surface area contributed by atoms with Crippen molar-refractivity contribution in [3.63, 3.8) is 0 Å². The van der Waals surface area contributed by atoms with E-state index < -0.39 is 0 Å². The van der Waals surface area contributed by atoms with Gasteiger partial charge in [0.25, 0.3) is 5.91 Å². The van der Waals surface area contributed by atoms with Crippen LogP contribution in [-0.2, 0) is 11.2 Å². The van der Waals surface area contributed by atoms with Crippen LogP contribution in [0.4, 0.5) is 0 Å². The lowest BCUT2D eigenvalue weighted by atomic mass is 10.1. The van der Waals surface area contributed by atoms with Crippen molar-refractivity contribution < 1.29 is 23.8 Å². The van der Waals surface area contributed by atoms with Crippen molar-refractivity contribution in [3.8, 4) is 17.2 Å². The molecule has 7 nitrogen and oxygen atoms in total. The molecule has 0 aliphatic heterocycles. The highest BCUT2D eigenvalue weighted by Crippen LogP contribution is 2.38. The summed E-state index contributed by atoms with van der Waals surface area (Å²) in [5.74, 6) is 0.771. The van der Waals surface area contributed by atoms with E-state index in [-0.39, 0.29) is 24.8 Å². The lowest BCUT2D eigenvalue weighted by Crippen LogP contribution is -2.31. The van der Waals surface area contributed by atoms with Crippen LogP contribution in [0.1, 0.15) is 22.3 Å². The number of nitrogens with one attached hydrogen (secondary N) is 2. The van der Waals surface area contributed by atoms with Gasteiger partial charge in [0.2, 0.25) is 11.7 Å². The van der Waals surface area contributed by atoms with E-state index in [0.29, 0.717) is 29.4 Å². The molecule has 150 valence electrons. The van der Waals surface area contributed by atoms with Gasteiger partial charge in [0.05, 0.1) is 21.3 Å². The zero-order valence-electron chi connectivity index (χ0n) is 16.4. The van der Waals surface area contributed by atoms with Gasteiger partial charge in [-0.15, -0.1) is 0 Å². The second kappa shape index (κ2) is 10.8. The molecular weight excluding hydrogens is 360 g/mol. The first-order chi connectivity index (χ1) is 13.6. The van der Waals surface area contributed by atoms with Gasteiger partial charge < -0.3 is 24.8 Å². The lowest BCUT2D eigenvalue weighted by Gasteiger charge is -2.14. The van der Waals surface area contributed by atoms with Crippen molar-refractivity contribution in [2.75, 3.05) is 34.4 Å². The van der Waals surface area contributed by atoms with Gasteiger partial charge in [0, 0.05) is 25.1 Å². The number of amides is 2. The second-order valence-electron chi connectivity index (χ2n) is 6.01. The largest absolute Gasteiger partial charge is 0.493 e. The van der Waals surface area contributed by atoms with Crippen LogP contribution in [0.25, 0.3) is 0 Å². The molecule has 2 rings (SSSR count). The number of benzene rings is 2. The molecule has 28 heavy (non-hydrogen) atoms. The molecule has 0 saturated heterocycles. The molecule has 0 aromatic heterocycles. The van der Waals surface area contributed by atoms with E-state index in [1.165, 1.54) is 26.9 Å². The minimum atomic E-state index is -0.323. The van der Waals surface area contributed by atoms with Gasteiger partial charge in [-0.25, -0.2) is 0 Å². The van der Waals surface area contributed by atoms with Gasteiger partial charge in [-0.1, -0.05) is 30.3 Å². The first-order valence-electron chi connectivity index (χ1n) is 8.97. The third-order valence-electron chi connectivity index (χ3n) is 4.14. The normalized spacial score (nSPS) is 10.1. The number of rotatable bonds is 10. The molecule has 0 unspecified atom stereocenters. The Labute approximate surface area is 165 Å². The van der Waals surface area contributed by atoms with Gasteiger partial charge in [-0.2, -0.15) is 0 Å². The number of ether oxygens (including phenoxy) is 3. The summed E-state index contributed by atoms with van der Waals surface area (Å²) in [5, 5.41) is 5.58. The maximum Gasteiger partial charge on any atom is 0.251 e. The van der Waals surface area contributed by atoms with Gasteiger partial charge >= 0.3 is 0 Å². The first kappa shape index (κ1) is 21.1. The average molecular weight is 386 g/mol. The summed E-state index contributed by atoms with van der Waals surface area (Å²) >= 11 is 0. The van der Waals surface area contributed by atoms with Crippen LogP contribution in [0.5, 0.6) is 17.2 Å². The van der Waals surface area contributed by atoms with Gasteiger partial charge in [0.15, 0.2) is 11.5 Å². The van der Waals surface area contributed by atoms with Gasteiger partial charge in [-0.3, -0.25) is 9.59 Å². The van der Waals surface area contributed by atoms with Crippen molar-refractivity contribution in [2.24, 2.45) is 0 Å². The minimum absolute atomic E-state index is 0.110. The summed E-state index contributed by atoms with van der Waals surface area (Å²) in [7, 11) is 4.47. The maximum absolute atomic E-state index is 12.4. The molecule has 0 radical (unpaired) electrons. The summed E-state index contributed by atoms with van der Waals surface area (Å²) in [5.41, 5.74) is 1.53. The predicted molar refractivity (Wildman–Crippen MR) is 106 cm³/mol. The van der Waals surface area contributed by atoms with E-state index in [9.17, 15) is 9.59 Å². The fourth-order valence-corrected chi connectivity index (χ4v) is 2.68. The quantitative estimate of drug-likeness (QED) is 0.654. The molecule has 0 heterocycles. The molecule has 0 saturated carbocycles. The summed E-state index contributed by atoms with van der Waals surface area (Å²) < 4.78 is 15.7. The highest BCUT2D eigenvalue weighted by atomic mass is 16.5. The van der Waals surface area contributed by atoms with E-state index in [1.807, 2.05) is 30.3 Å². The summed E-state index contributed by atoms with van der Waals surface area (Å²) in [4.78, 5) is 24.3. The van der Waals surface area contributed by atoms with Crippen LogP contribution in [0.2, 0.25) is 0 Å². The Bertz CT molecular complexity index is 768. The molecule has 0 aliphatic carbocycles. The number of methoxy groups -OCH3 is 3. The fraction of sp³-hybridized carbons (Fsp3) is 0.333. The van der Waals surface area contributed by atoms with Gasteiger partial charge in [0.1, 0.15) is 0 Å². The van der Waals surface area contributed by atoms with Crippen molar-refractivity contribution in [1.29, 1.82) is 0 Å². The molecule has 7 heteroatoms. The van der Waals surface area contributed by atoms with E-state index in [0.717, 1.165) is 6.42 Å². The SMILES string of the molecule is COc1cc(C(=O)NCCC(=O)NCCc2ccccc2)cc(OC)c1OC. The van der Waals surface area contributed by atoms with Crippen LogP contribution in [-0.4, -0.2) is 46.2 Å². The summed E-state index contributed by atoms with van der Waals surface area (Å²) in [6.45, 7) is 0.788. The molecule has 0 fully saturated rings. The summed E-state index contributed by atoms with van der Waals surface area (Å²) in [6.07, 6.45) is 0.968. The first-order valence-corrected chi connectivity index (χ1v) is 8.97. The third-order valence-corrected chi connectivity index (χ3v) is 4.14. The van der Waals surface area contributed by atoms with Crippen LogP contribution in [0.3, 0.4) is 0 Å². The molecule has 2 amide bonds. The summed E-state index contributed by atoms with van der Waals surface area (Å²) in [6, 6.07) is 13.1. The molecule has 0 aliphatic rings. The Morgan fingerprint density at radius 3 is 2.07 bits per heavy atom. The van der Waals surface area contributed by atoms with Crippen LogP contribution in [0, 0.1) is 0 Å². The molecule has 0 bridgehead atoms. The van der Waals surface area contributed by atoms with Crippen molar-refractivity contribution in [1.82, 2.24) is 10.6 Å². The van der Waals surface area contributed by atoms with E-state index in [1.54, 1.807) is 12.1 Å². The number of hydrogen-bond donors (Lipinski definition) is 2. The van der Waals surface area contributed by atoms with Crippen molar-refractivity contribution in [2.45, 2.75) is 12.8 Å². The van der Waals surface area contributed by atoms with Gasteiger partial charge in [-0.05, 0) is 24.1 Å². The molecule has 2 aromatic rings. The second-order valence-corrected chi connectivity index (χ2v) is 6.01. The van der Waals surface area contributed by atoms with E-state index >= 15 is 0 Å². The van der Waals surface area contributed by atoms with Crippen LogP contribution >= 0.6 is 0 Å². The topological polar surface area (TPSA) is 85.9 Å². The van der Waals surface area contributed by atoms with Crippen LogP contribution < -0.4 is 24.8 Å². The molecule has 2 aromatic carbocycles. The fourth-order valence-electron chi connectivity index (χ4n) is 2.68. The Kier molecular flexibility index (Phi) is 8.14. The van der Waals surface area contributed by atoms with Crippen molar-refractivity contribution >= 4 is 11.8 Å². The molecule has 0 atom stereocenters. The number of carbonyl (C=O) groups is 2. The Balaban J connectivity index is 1.81. The number of carbonyl (C=O) groups excluding carboxylic acids is 2. The predicted octanol–water partition coefficient (Wildman–Crippen LogP) is 2.19. The lowest BCUT2D eigenvalue weighted by molar-refractivity contribution is -0.120. The highest BCUT2D eigenvalue weighted by molar-refractivity contribution is 5.95. The van der Waals surface area contributed by atoms with Crippen LogP contribution in [0.15, 0.2) is 42.5 Å². The van der Waals surface area contributed by atoms with E-state index in [4.69, 9.17) is 14.2 Å². The molecular formula is C21H26N2O5. The third kappa shape index (κ3) is 5.90. The average Bonchev–Trinajstić information content (AvgIpc) is 2.73. The molecule has 0 spiro atoms. The smallest absolute Gasteiger partial charge is 0.251 e. The monoisotopic (exact) mass is 386 g/mol. The highest BCUT2D eigenvalue weighted by Gasteiger charge is 2.17.